The van der Waals surface area contributed by atoms with Crippen LogP contribution < -0.4 is 11.1 Å². The van der Waals surface area contributed by atoms with Crippen molar-refractivity contribution in [3.63, 3.8) is 0 Å². The molecule has 2 heterocycles. The predicted octanol–water partition coefficient (Wildman–Crippen LogP) is 2.44. The van der Waals surface area contributed by atoms with Gasteiger partial charge >= 0.3 is 0 Å². The first-order valence-electron chi connectivity index (χ1n) is 7.69. The molecule has 6 nitrogen and oxygen atoms in total. The second-order valence-corrected chi connectivity index (χ2v) is 5.88. The van der Waals surface area contributed by atoms with Gasteiger partial charge in [0.1, 0.15) is 5.65 Å². The molecule has 0 aliphatic heterocycles. The molecule has 0 radical (unpaired) electrons. The average molecular weight is 299 g/mol. The highest BCUT2D eigenvalue weighted by Crippen LogP contribution is 2.38. The second kappa shape index (κ2) is 6.17. The van der Waals surface area contributed by atoms with E-state index in [1.807, 2.05) is 18.3 Å². The standard InChI is InChI=1S/C16H21N5O/c17-11-18-10-16(6-2-1-3-7-16)15(22)21-13-5-9-20-14-12(13)4-8-19-14/h4-5,8-9,11H,1-3,6-7,10H2,(H2,17,18)(H2,19,20,21,22). The number of fused-ring (bicyclic) bond motifs is 1. The number of aliphatic imine (C=N–C) groups is 1. The number of carbonyl (C=O) groups is 1. The summed E-state index contributed by atoms with van der Waals surface area (Å²) in [5.74, 6) is 0.0338. The first kappa shape index (κ1) is 14.6. The number of hydrogen-bond acceptors (Lipinski definition) is 3. The number of aromatic amines is 1. The van der Waals surface area contributed by atoms with Gasteiger partial charge in [-0.3, -0.25) is 9.79 Å². The van der Waals surface area contributed by atoms with Crippen molar-refractivity contribution < 1.29 is 4.79 Å². The Morgan fingerprint density at radius 3 is 3.00 bits per heavy atom. The van der Waals surface area contributed by atoms with Crippen LogP contribution in [0.2, 0.25) is 0 Å². The van der Waals surface area contributed by atoms with E-state index in [1.165, 1.54) is 12.8 Å². The number of nitrogens with two attached hydrogens (primary N) is 1. The monoisotopic (exact) mass is 299 g/mol. The van der Waals surface area contributed by atoms with Gasteiger partial charge in [-0.25, -0.2) is 4.98 Å². The van der Waals surface area contributed by atoms with Crippen molar-refractivity contribution in [2.75, 3.05) is 11.9 Å². The van der Waals surface area contributed by atoms with Gasteiger partial charge in [-0.05, 0) is 25.0 Å². The molecular weight excluding hydrogens is 278 g/mol. The molecule has 1 aliphatic rings. The maximum absolute atomic E-state index is 12.9. The molecule has 3 rings (SSSR count). The molecule has 1 amide bonds. The van der Waals surface area contributed by atoms with Gasteiger partial charge in [0.15, 0.2) is 0 Å². The minimum absolute atomic E-state index is 0.0338. The number of nitrogens with zero attached hydrogens (tertiary/aromatic N) is 2. The molecule has 2 aromatic heterocycles. The molecule has 116 valence electrons. The Labute approximate surface area is 129 Å². The fourth-order valence-corrected chi connectivity index (χ4v) is 3.24. The normalized spacial score (nSPS) is 17.8. The summed E-state index contributed by atoms with van der Waals surface area (Å²) in [4.78, 5) is 24.4. The van der Waals surface area contributed by atoms with Crippen molar-refractivity contribution in [1.29, 1.82) is 0 Å². The Balaban J connectivity index is 1.86. The van der Waals surface area contributed by atoms with E-state index in [9.17, 15) is 4.79 Å². The van der Waals surface area contributed by atoms with E-state index in [1.54, 1.807) is 6.20 Å². The van der Waals surface area contributed by atoms with Crippen molar-refractivity contribution in [1.82, 2.24) is 9.97 Å². The molecule has 1 saturated carbocycles. The minimum atomic E-state index is -0.444. The summed E-state index contributed by atoms with van der Waals surface area (Å²) in [6, 6.07) is 3.75. The summed E-state index contributed by atoms with van der Waals surface area (Å²) in [5.41, 5.74) is 6.50. The van der Waals surface area contributed by atoms with E-state index < -0.39 is 5.41 Å². The van der Waals surface area contributed by atoms with Gasteiger partial charge < -0.3 is 16.0 Å². The number of aromatic nitrogens is 2. The predicted molar refractivity (Wildman–Crippen MR) is 87.8 cm³/mol. The molecule has 4 N–H and O–H groups in total. The van der Waals surface area contributed by atoms with Crippen LogP contribution in [0, 0.1) is 5.41 Å². The lowest BCUT2D eigenvalue weighted by Crippen LogP contribution is -2.40. The van der Waals surface area contributed by atoms with Crippen molar-refractivity contribution in [3.05, 3.63) is 24.5 Å². The topological polar surface area (TPSA) is 96.2 Å². The molecular formula is C16H21N5O. The van der Waals surface area contributed by atoms with Gasteiger partial charge in [0, 0.05) is 17.8 Å². The second-order valence-electron chi connectivity index (χ2n) is 5.88. The highest BCUT2D eigenvalue weighted by Gasteiger charge is 2.39. The van der Waals surface area contributed by atoms with Crippen LogP contribution in [0.3, 0.4) is 0 Å². The SMILES string of the molecule is NC=NCC1(C(=O)Nc2ccnc3[nH]ccc23)CCCCC1. The van der Waals surface area contributed by atoms with E-state index in [2.05, 4.69) is 20.3 Å². The lowest BCUT2D eigenvalue weighted by molar-refractivity contribution is -0.126. The molecule has 1 aliphatic carbocycles. The third-order valence-corrected chi connectivity index (χ3v) is 4.50. The van der Waals surface area contributed by atoms with E-state index >= 15 is 0 Å². The number of rotatable bonds is 4. The third kappa shape index (κ3) is 2.68. The van der Waals surface area contributed by atoms with Crippen LogP contribution in [0.5, 0.6) is 0 Å². The lowest BCUT2D eigenvalue weighted by atomic mass is 9.73. The van der Waals surface area contributed by atoms with E-state index in [4.69, 9.17) is 5.73 Å². The Bertz CT molecular complexity index is 685. The Hall–Kier alpha value is -2.37. The van der Waals surface area contributed by atoms with Crippen molar-refractivity contribution in [2.24, 2.45) is 16.1 Å². The average Bonchev–Trinajstić information content (AvgIpc) is 3.03. The van der Waals surface area contributed by atoms with Crippen molar-refractivity contribution >= 4 is 29.0 Å². The number of carbonyl (C=O) groups excluding carboxylic acids is 1. The van der Waals surface area contributed by atoms with E-state index in [0.717, 1.165) is 42.4 Å². The van der Waals surface area contributed by atoms with Gasteiger partial charge in [-0.1, -0.05) is 19.3 Å². The van der Waals surface area contributed by atoms with Crippen LogP contribution in [0.25, 0.3) is 11.0 Å². The first-order valence-corrected chi connectivity index (χ1v) is 7.69. The van der Waals surface area contributed by atoms with Gasteiger partial charge in [0.25, 0.3) is 0 Å². The zero-order valence-electron chi connectivity index (χ0n) is 12.5. The van der Waals surface area contributed by atoms with Gasteiger partial charge in [-0.2, -0.15) is 0 Å². The Morgan fingerprint density at radius 2 is 2.23 bits per heavy atom. The maximum Gasteiger partial charge on any atom is 0.232 e. The largest absolute Gasteiger partial charge is 0.390 e. The molecule has 0 saturated heterocycles. The number of anilines is 1. The van der Waals surface area contributed by atoms with E-state index in [0.29, 0.717) is 6.54 Å². The van der Waals surface area contributed by atoms with Crippen LogP contribution in [0.1, 0.15) is 32.1 Å². The lowest BCUT2D eigenvalue weighted by Gasteiger charge is -2.34. The number of nitrogens with one attached hydrogen (secondary N) is 2. The fraction of sp³-hybridized carbons (Fsp3) is 0.438. The van der Waals surface area contributed by atoms with Crippen molar-refractivity contribution in [3.8, 4) is 0 Å². The summed E-state index contributed by atoms with van der Waals surface area (Å²) in [7, 11) is 0. The Morgan fingerprint density at radius 1 is 1.41 bits per heavy atom. The van der Waals surface area contributed by atoms with Crippen molar-refractivity contribution in [2.45, 2.75) is 32.1 Å². The molecule has 2 aromatic rings. The zero-order chi connectivity index (χ0) is 15.4. The number of H-pyrrole nitrogens is 1. The van der Waals surface area contributed by atoms with Gasteiger partial charge in [0.05, 0.1) is 24.0 Å². The third-order valence-electron chi connectivity index (χ3n) is 4.50. The quantitative estimate of drug-likeness (QED) is 0.597. The van der Waals surface area contributed by atoms with E-state index in [-0.39, 0.29) is 5.91 Å². The maximum atomic E-state index is 12.9. The Kier molecular flexibility index (Phi) is 4.09. The first-order chi connectivity index (χ1) is 10.7. The summed E-state index contributed by atoms with van der Waals surface area (Å²) >= 11 is 0. The fourth-order valence-electron chi connectivity index (χ4n) is 3.24. The molecule has 0 bridgehead atoms. The molecule has 6 heteroatoms. The van der Waals surface area contributed by atoms with Crippen LogP contribution in [0.15, 0.2) is 29.5 Å². The smallest absolute Gasteiger partial charge is 0.232 e. The summed E-state index contributed by atoms with van der Waals surface area (Å²) in [6.07, 6.45) is 9.82. The molecule has 22 heavy (non-hydrogen) atoms. The van der Waals surface area contributed by atoms with Crippen LogP contribution in [-0.4, -0.2) is 28.8 Å². The summed E-state index contributed by atoms with van der Waals surface area (Å²) in [6.45, 7) is 0.455. The zero-order valence-corrected chi connectivity index (χ0v) is 12.5. The minimum Gasteiger partial charge on any atom is -0.390 e. The highest BCUT2D eigenvalue weighted by atomic mass is 16.2. The number of hydrogen-bond donors (Lipinski definition) is 3. The molecule has 0 spiro atoms. The highest BCUT2D eigenvalue weighted by molar-refractivity contribution is 6.02. The number of pyridine rings is 1. The van der Waals surface area contributed by atoms with Gasteiger partial charge in [0.2, 0.25) is 5.91 Å². The van der Waals surface area contributed by atoms with Crippen LogP contribution in [-0.2, 0) is 4.79 Å². The van der Waals surface area contributed by atoms with Crippen LogP contribution in [0.4, 0.5) is 5.69 Å². The molecule has 1 fully saturated rings. The van der Waals surface area contributed by atoms with Crippen LogP contribution >= 0.6 is 0 Å². The summed E-state index contributed by atoms with van der Waals surface area (Å²) in [5, 5.41) is 4.00. The number of amides is 1. The molecule has 0 aromatic carbocycles. The van der Waals surface area contributed by atoms with Gasteiger partial charge in [-0.15, -0.1) is 0 Å². The summed E-state index contributed by atoms with van der Waals surface area (Å²) < 4.78 is 0. The molecule has 0 atom stereocenters. The molecule has 0 unspecified atom stereocenters.